The van der Waals surface area contributed by atoms with E-state index in [9.17, 15) is 4.79 Å². The maximum Gasteiger partial charge on any atom is 0.287 e. The second-order valence-corrected chi connectivity index (χ2v) is 3.99. The van der Waals surface area contributed by atoms with E-state index in [0.29, 0.717) is 23.8 Å². The minimum Gasteiger partial charge on any atom is -0.459 e. The molecule has 3 heterocycles. The molecule has 4 heteroatoms. The molecule has 2 N–H and O–H groups in total. The Labute approximate surface area is 81.7 Å². The van der Waals surface area contributed by atoms with Crippen LogP contribution in [0.15, 0.2) is 22.8 Å². The lowest BCUT2D eigenvalue weighted by Crippen LogP contribution is -2.53. The number of rotatable bonds is 2. The lowest BCUT2D eigenvalue weighted by Gasteiger charge is -2.34. The number of furan rings is 1. The molecule has 3 aliphatic rings. The molecule has 1 aromatic heterocycles. The van der Waals surface area contributed by atoms with Crippen molar-refractivity contribution in [3.63, 3.8) is 0 Å². The van der Waals surface area contributed by atoms with Crippen LogP contribution in [0.5, 0.6) is 0 Å². The number of carbonyl (C=O) groups excluding carboxylic acids is 1. The van der Waals surface area contributed by atoms with Gasteiger partial charge in [0.25, 0.3) is 5.91 Å². The van der Waals surface area contributed by atoms with Crippen LogP contribution < -0.4 is 10.6 Å². The molecule has 3 atom stereocenters. The predicted octanol–water partition coefficient (Wildman–Crippen LogP) is 0.370. The molecule has 2 bridgehead atoms. The number of carbonyl (C=O) groups is 1. The van der Waals surface area contributed by atoms with Crippen molar-refractivity contribution in [3.8, 4) is 0 Å². The summed E-state index contributed by atoms with van der Waals surface area (Å²) >= 11 is 0. The van der Waals surface area contributed by atoms with Gasteiger partial charge in [0, 0.05) is 18.6 Å². The van der Waals surface area contributed by atoms with Gasteiger partial charge in [-0.15, -0.1) is 0 Å². The Kier molecular flexibility index (Phi) is 1.64. The molecule has 0 aromatic carbocycles. The Bertz CT molecular complexity index is 333. The molecule has 1 aromatic rings. The fourth-order valence-corrected chi connectivity index (χ4v) is 2.32. The van der Waals surface area contributed by atoms with Gasteiger partial charge in [0.05, 0.1) is 6.26 Å². The van der Waals surface area contributed by atoms with Gasteiger partial charge in [-0.2, -0.15) is 0 Å². The zero-order valence-electron chi connectivity index (χ0n) is 7.69. The summed E-state index contributed by atoms with van der Waals surface area (Å²) < 4.78 is 5.02. The Morgan fingerprint density at radius 1 is 1.64 bits per heavy atom. The highest BCUT2D eigenvalue weighted by Gasteiger charge is 2.47. The molecule has 4 nitrogen and oxygen atoms in total. The van der Waals surface area contributed by atoms with Crippen LogP contribution in [-0.2, 0) is 0 Å². The monoisotopic (exact) mass is 192 g/mol. The third-order valence-corrected chi connectivity index (χ3v) is 3.18. The summed E-state index contributed by atoms with van der Waals surface area (Å²) in [6, 6.07) is 4.21. The summed E-state index contributed by atoms with van der Waals surface area (Å²) in [5.41, 5.74) is 0. The number of hydrogen-bond acceptors (Lipinski definition) is 3. The fraction of sp³-hybridized carbons (Fsp3) is 0.500. The molecule has 3 unspecified atom stereocenters. The van der Waals surface area contributed by atoms with Crippen LogP contribution in [0, 0.1) is 5.92 Å². The second kappa shape index (κ2) is 2.85. The van der Waals surface area contributed by atoms with Gasteiger partial charge < -0.3 is 15.1 Å². The van der Waals surface area contributed by atoms with E-state index in [2.05, 4.69) is 10.6 Å². The number of nitrogens with one attached hydrogen (secondary N) is 2. The third-order valence-electron chi connectivity index (χ3n) is 3.18. The van der Waals surface area contributed by atoms with E-state index in [1.54, 1.807) is 12.1 Å². The molecule has 0 radical (unpaired) electrons. The Morgan fingerprint density at radius 3 is 3.14 bits per heavy atom. The van der Waals surface area contributed by atoms with Crippen molar-refractivity contribution < 1.29 is 9.21 Å². The molecule has 0 spiro atoms. The van der Waals surface area contributed by atoms with Gasteiger partial charge in [-0.1, -0.05) is 0 Å². The third kappa shape index (κ3) is 1.07. The quantitative estimate of drug-likeness (QED) is 0.711. The van der Waals surface area contributed by atoms with E-state index < -0.39 is 0 Å². The van der Waals surface area contributed by atoms with Gasteiger partial charge in [-0.25, -0.2) is 0 Å². The highest BCUT2D eigenvalue weighted by atomic mass is 16.3. The molecule has 1 amide bonds. The number of amides is 1. The topological polar surface area (TPSA) is 54.3 Å². The number of hydrogen-bond donors (Lipinski definition) is 2. The normalized spacial score (nSPS) is 33.9. The van der Waals surface area contributed by atoms with E-state index in [-0.39, 0.29) is 5.91 Å². The van der Waals surface area contributed by atoms with E-state index in [1.807, 2.05) is 0 Å². The maximum absolute atomic E-state index is 11.6. The highest BCUT2D eigenvalue weighted by Crippen LogP contribution is 2.33. The summed E-state index contributed by atoms with van der Waals surface area (Å²) in [5, 5.41) is 6.33. The zero-order valence-corrected chi connectivity index (χ0v) is 7.69. The van der Waals surface area contributed by atoms with Crippen LogP contribution >= 0.6 is 0 Å². The summed E-state index contributed by atoms with van der Waals surface area (Å²) in [4.78, 5) is 11.6. The van der Waals surface area contributed by atoms with Gasteiger partial charge in [0.2, 0.25) is 0 Å². The molecular formula is C10H12N2O2. The molecule has 74 valence electrons. The van der Waals surface area contributed by atoms with Crippen molar-refractivity contribution in [1.82, 2.24) is 10.6 Å². The lowest BCUT2D eigenvalue weighted by atomic mass is 9.80. The van der Waals surface area contributed by atoms with Crippen LogP contribution in [0.2, 0.25) is 0 Å². The molecule has 3 fully saturated rings. The van der Waals surface area contributed by atoms with Gasteiger partial charge in [0.15, 0.2) is 5.76 Å². The first-order valence-electron chi connectivity index (χ1n) is 4.92. The summed E-state index contributed by atoms with van der Waals surface area (Å²) in [6.45, 7) is 1.04. The average molecular weight is 192 g/mol. The molecular weight excluding hydrogens is 180 g/mol. The van der Waals surface area contributed by atoms with Crippen LogP contribution in [0.3, 0.4) is 0 Å². The molecule has 2 saturated heterocycles. The van der Waals surface area contributed by atoms with Crippen molar-refractivity contribution in [3.05, 3.63) is 24.2 Å². The Morgan fingerprint density at radius 2 is 2.57 bits per heavy atom. The fourth-order valence-electron chi connectivity index (χ4n) is 2.32. The van der Waals surface area contributed by atoms with E-state index in [4.69, 9.17) is 4.42 Å². The second-order valence-electron chi connectivity index (χ2n) is 3.99. The summed E-state index contributed by atoms with van der Waals surface area (Å²) in [7, 11) is 0. The summed E-state index contributed by atoms with van der Waals surface area (Å²) in [6.07, 6.45) is 2.71. The smallest absolute Gasteiger partial charge is 0.287 e. The molecule has 1 saturated carbocycles. The molecule has 4 rings (SSSR count). The van der Waals surface area contributed by atoms with Crippen molar-refractivity contribution >= 4 is 5.91 Å². The van der Waals surface area contributed by atoms with Gasteiger partial charge in [0.1, 0.15) is 0 Å². The SMILES string of the molecule is O=C(NC1C2CNC1C2)c1ccco1. The molecule has 2 aliphatic heterocycles. The van der Waals surface area contributed by atoms with Crippen LogP contribution in [0.1, 0.15) is 17.0 Å². The van der Waals surface area contributed by atoms with Crippen molar-refractivity contribution in [1.29, 1.82) is 0 Å². The Balaban J connectivity index is 1.66. The minimum atomic E-state index is -0.0987. The van der Waals surface area contributed by atoms with Crippen LogP contribution in [0.4, 0.5) is 0 Å². The largest absolute Gasteiger partial charge is 0.459 e. The summed E-state index contributed by atoms with van der Waals surface area (Å²) in [5.74, 6) is 0.925. The maximum atomic E-state index is 11.6. The Hall–Kier alpha value is -1.29. The predicted molar refractivity (Wildman–Crippen MR) is 49.9 cm³/mol. The zero-order chi connectivity index (χ0) is 9.54. The van der Waals surface area contributed by atoms with Gasteiger partial charge in [-0.3, -0.25) is 4.79 Å². The van der Waals surface area contributed by atoms with Crippen LogP contribution in [-0.4, -0.2) is 24.5 Å². The standard InChI is InChI=1S/C10H12N2O2/c13-10(8-2-1-3-14-8)12-9-6-4-7(9)11-5-6/h1-3,6-7,9,11H,4-5H2,(H,12,13). The van der Waals surface area contributed by atoms with E-state index in [1.165, 1.54) is 12.7 Å². The first-order valence-corrected chi connectivity index (χ1v) is 4.92. The lowest BCUT2D eigenvalue weighted by molar-refractivity contribution is 0.0863. The van der Waals surface area contributed by atoms with Crippen molar-refractivity contribution in [2.75, 3.05) is 6.54 Å². The van der Waals surface area contributed by atoms with Gasteiger partial charge >= 0.3 is 0 Å². The van der Waals surface area contributed by atoms with Crippen molar-refractivity contribution in [2.24, 2.45) is 5.92 Å². The molecule has 1 aliphatic carbocycles. The highest BCUT2D eigenvalue weighted by molar-refractivity contribution is 5.91. The van der Waals surface area contributed by atoms with Crippen molar-refractivity contribution in [2.45, 2.75) is 18.5 Å². The minimum absolute atomic E-state index is 0.0987. The van der Waals surface area contributed by atoms with E-state index in [0.717, 1.165) is 6.54 Å². The first kappa shape index (κ1) is 8.05. The van der Waals surface area contributed by atoms with Crippen LogP contribution in [0.25, 0.3) is 0 Å². The van der Waals surface area contributed by atoms with E-state index >= 15 is 0 Å². The van der Waals surface area contributed by atoms with Gasteiger partial charge in [-0.05, 0) is 24.5 Å². The molecule has 14 heavy (non-hydrogen) atoms. The first-order chi connectivity index (χ1) is 6.84. The average Bonchev–Trinajstić information content (AvgIpc) is 2.85. The number of fused-ring (bicyclic) bond motifs is 1.